The van der Waals surface area contributed by atoms with Crippen LogP contribution in [0.2, 0.25) is 5.02 Å². The molecule has 0 spiro atoms. The summed E-state index contributed by atoms with van der Waals surface area (Å²) >= 11 is 5.97. The van der Waals surface area contributed by atoms with Gasteiger partial charge in [-0.25, -0.2) is 8.42 Å². The molecule has 0 saturated heterocycles. The van der Waals surface area contributed by atoms with Crippen molar-refractivity contribution in [1.29, 1.82) is 0 Å². The highest BCUT2D eigenvalue weighted by Crippen LogP contribution is 2.27. The molecule has 100 valence electrons. The summed E-state index contributed by atoms with van der Waals surface area (Å²) in [7, 11) is 1.76. The van der Waals surface area contributed by atoms with E-state index in [0.717, 1.165) is 16.7 Å². The molecule has 0 aliphatic carbocycles. The van der Waals surface area contributed by atoms with Crippen LogP contribution in [-0.2, 0) is 15.5 Å². The lowest BCUT2D eigenvalue weighted by molar-refractivity contribution is 0.609. The molecule has 0 aromatic heterocycles. The Labute approximate surface area is 122 Å². The molecule has 0 bridgehead atoms. The summed E-state index contributed by atoms with van der Waals surface area (Å²) in [4.78, 5) is 0. The first-order chi connectivity index (χ1) is 8.96. The van der Waals surface area contributed by atoms with E-state index in [4.69, 9.17) is 22.3 Å². The number of hydrogen-bond acceptors (Lipinski definition) is 2. The molecule has 0 amide bonds. The highest BCUT2D eigenvalue weighted by molar-refractivity contribution is 8.13. The second-order valence-corrected chi connectivity index (χ2v) is 7.49. The highest BCUT2D eigenvalue weighted by atomic mass is 35.7. The second-order valence-electron chi connectivity index (χ2n) is 4.16. The van der Waals surface area contributed by atoms with Crippen molar-refractivity contribution in [3.8, 4) is 11.1 Å². The van der Waals surface area contributed by atoms with E-state index in [9.17, 15) is 8.42 Å². The van der Waals surface area contributed by atoms with E-state index in [2.05, 4.69) is 0 Å². The van der Waals surface area contributed by atoms with E-state index in [1.165, 1.54) is 0 Å². The number of rotatable bonds is 4. The first-order valence-electron chi connectivity index (χ1n) is 5.72. The van der Waals surface area contributed by atoms with Crippen molar-refractivity contribution in [2.45, 2.75) is 6.42 Å². The predicted molar refractivity (Wildman–Crippen MR) is 80.2 cm³/mol. The van der Waals surface area contributed by atoms with E-state index in [1.54, 1.807) is 12.1 Å². The van der Waals surface area contributed by atoms with Crippen LogP contribution in [-0.4, -0.2) is 14.2 Å². The lowest BCUT2D eigenvalue weighted by Gasteiger charge is -2.09. The predicted octanol–water partition coefficient (Wildman–Crippen LogP) is 4.12. The largest absolute Gasteiger partial charge is 0.232 e. The van der Waals surface area contributed by atoms with Crippen LogP contribution in [0.15, 0.2) is 48.5 Å². The Morgan fingerprint density at radius 1 is 1.00 bits per heavy atom. The molecule has 0 N–H and O–H groups in total. The number of benzene rings is 2. The Bertz CT molecular complexity index is 667. The minimum Gasteiger partial charge on any atom is -0.212 e. The van der Waals surface area contributed by atoms with Crippen LogP contribution < -0.4 is 0 Å². The quantitative estimate of drug-likeness (QED) is 0.795. The minimum atomic E-state index is -3.50. The molecule has 2 rings (SSSR count). The first kappa shape index (κ1) is 14.4. The Morgan fingerprint density at radius 2 is 1.68 bits per heavy atom. The van der Waals surface area contributed by atoms with Gasteiger partial charge in [0.2, 0.25) is 9.05 Å². The molecule has 0 unspecified atom stereocenters. The Hall–Kier alpha value is -1.03. The Balaban J connectivity index is 2.39. The second kappa shape index (κ2) is 5.95. The molecule has 0 fully saturated rings. The first-order valence-corrected chi connectivity index (χ1v) is 8.57. The topological polar surface area (TPSA) is 34.1 Å². The van der Waals surface area contributed by atoms with E-state index >= 15 is 0 Å². The molecular formula is C14H12Cl2O2S. The van der Waals surface area contributed by atoms with Crippen LogP contribution in [0.25, 0.3) is 11.1 Å². The van der Waals surface area contributed by atoms with Gasteiger partial charge in [0.25, 0.3) is 0 Å². The molecule has 2 nitrogen and oxygen atoms in total. The normalized spacial score (nSPS) is 11.5. The van der Waals surface area contributed by atoms with Gasteiger partial charge < -0.3 is 0 Å². The zero-order chi connectivity index (χ0) is 13.9. The van der Waals surface area contributed by atoms with Crippen molar-refractivity contribution < 1.29 is 8.42 Å². The summed E-state index contributed by atoms with van der Waals surface area (Å²) in [5.41, 5.74) is 2.88. The maximum Gasteiger partial charge on any atom is 0.232 e. The lowest BCUT2D eigenvalue weighted by Crippen LogP contribution is -2.02. The molecule has 2 aromatic carbocycles. The van der Waals surface area contributed by atoms with Gasteiger partial charge in [-0.15, -0.1) is 0 Å². The van der Waals surface area contributed by atoms with Crippen LogP contribution in [0, 0.1) is 0 Å². The summed E-state index contributed by atoms with van der Waals surface area (Å²) in [6.07, 6.45) is 0.344. The molecule has 0 heterocycles. The van der Waals surface area contributed by atoms with E-state index in [-0.39, 0.29) is 5.75 Å². The number of hydrogen-bond donors (Lipinski definition) is 0. The fourth-order valence-electron chi connectivity index (χ4n) is 1.90. The fourth-order valence-corrected chi connectivity index (χ4v) is 2.79. The molecule has 19 heavy (non-hydrogen) atoms. The van der Waals surface area contributed by atoms with Gasteiger partial charge in [0.15, 0.2) is 0 Å². The smallest absolute Gasteiger partial charge is 0.212 e. The SMILES string of the molecule is O=S(=O)(Cl)CCc1cc(Cl)ccc1-c1ccccc1. The van der Waals surface area contributed by atoms with E-state index in [1.807, 2.05) is 36.4 Å². The van der Waals surface area contributed by atoms with Crippen LogP contribution in [0.1, 0.15) is 5.56 Å². The summed E-state index contributed by atoms with van der Waals surface area (Å²) in [6, 6.07) is 15.2. The molecule has 2 aromatic rings. The summed E-state index contributed by atoms with van der Waals surface area (Å²) < 4.78 is 22.1. The molecule has 0 radical (unpaired) electrons. The van der Waals surface area contributed by atoms with Crippen LogP contribution in [0.3, 0.4) is 0 Å². The van der Waals surface area contributed by atoms with Crippen molar-refractivity contribution in [3.05, 3.63) is 59.1 Å². The number of aryl methyl sites for hydroxylation is 1. The third-order valence-electron chi connectivity index (χ3n) is 2.77. The van der Waals surface area contributed by atoms with Gasteiger partial charge in [0, 0.05) is 15.7 Å². The van der Waals surface area contributed by atoms with Crippen molar-refractivity contribution in [2.24, 2.45) is 0 Å². The van der Waals surface area contributed by atoms with E-state index < -0.39 is 9.05 Å². The summed E-state index contributed by atoms with van der Waals surface area (Å²) in [6.45, 7) is 0. The summed E-state index contributed by atoms with van der Waals surface area (Å²) in [5, 5.41) is 0.585. The highest BCUT2D eigenvalue weighted by Gasteiger charge is 2.10. The maximum absolute atomic E-state index is 11.1. The maximum atomic E-state index is 11.1. The van der Waals surface area contributed by atoms with Gasteiger partial charge in [-0.05, 0) is 35.2 Å². The van der Waals surface area contributed by atoms with Crippen molar-refractivity contribution in [1.82, 2.24) is 0 Å². The van der Waals surface area contributed by atoms with Gasteiger partial charge in [0.05, 0.1) is 5.75 Å². The molecular weight excluding hydrogens is 303 g/mol. The Kier molecular flexibility index (Phi) is 4.50. The fraction of sp³-hybridized carbons (Fsp3) is 0.143. The van der Waals surface area contributed by atoms with Crippen LogP contribution in [0.4, 0.5) is 0 Å². The minimum absolute atomic E-state index is 0.102. The standard InChI is InChI=1S/C14H12Cl2O2S/c15-13-6-7-14(11-4-2-1-3-5-11)12(10-13)8-9-19(16,17)18/h1-7,10H,8-9H2. The van der Waals surface area contributed by atoms with Gasteiger partial charge in [-0.3, -0.25) is 0 Å². The average molecular weight is 315 g/mol. The van der Waals surface area contributed by atoms with Gasteiger partial charge in [0.1, 0.15) is 0 Å². The monoisotopic (exact) mass is 314 g/mol. The van der Waals surface area contributed by atoms with Crippen LogP contribution in [0.5, 0.6) is 0 Å². The zero-order valence-electron chi connectivity index (χ0n) is 10.0. The van der Waals surface area contributed by atoms with Gasteiger partial charge in [-0.1, -0.05) is 48.0 Å². The lowest BCUT2D eigenvalue weighted by atomic mass is 9.98. The molecule has 0 aliphatic heterocycles. The third kappa shape index (κ3) is 4.23. The zero-order valence-corrected chi connectivity index (χ0v) is 12.3. The molecule has 0 aliphatic rings. The third-order valence-corrected chi connectivity index (χ3v) is 4.16. The molecule has 0 saturated carbocycles. The number of halogens is 2. The van der Waals surface area contributed by atoms with E-state index in [0.29, 0.717) is 11.4 Å². The summed E-state index contributed by atoms with van der Waals surface area (Å²) in [5.74, 6) is -0.102. The van der Waals surface area contributed by atoms with Crippen molar-refractivity contribution in [2.75, 3.05) is 5.75 Å². The van der Waals surface area contributed by atoms with Gasteiger partial charge >= 0.3 is 0 Å². The van der Waals surface area contributed by atoms with Crippen molar-refractivity contribution >= 4 is 31.3 Å². The van der Waals surface area contributed by atoms with Crippen molar-refractivity contribution in [3.63, 3.8) is 0 Å². The molecule has 0 atom stereocenters. The van der Waals surface area contributed by atoms with Gasteiger partial charge in [-0.2, -0.15) is 0 Å². The van der Waals surface area contributed by atoms with Crippen LogP contribution >= 0.6 is 22.3 Å². The Morgan fingerprint density at radius 3 is 2.32 bits per heavy atom. The average Bonchev–Trinajstić information content (AvgIpc) is 2.37. The molecule has 5 heteroatoms.